The van der Waals surface area contributed by atoms with Crippen molar-refractivity contribution < 1.29 is 14.3 Å². The normalized spacial score (nSPS) is 14.9. The van der Waals surface area contributed by atoms with Crippen molar-refractivity contribution >= 4 is 16.8 Å². The summed E-state index contributed by atoms with van der Waals surface area (Å²) >= 11 is 0. The molecule has 1 aliphatic heterocycles. The Morgan fingerprint density at radius 1 is 1.14 bits per heavy atom. The highest BCUT2D eigenvalue weighted by molar-refractivity contribution is 5.95. The molecule has 7 nitrogen and oxygen atoms in total. The number of fused-ring (bicyclic) bond motifs is 1. The van der Waals surface area contributed by atoms with Crippen LogP contribution in [0.15, 0.2) is 53.3 Å². The Labute approximate surface area is 168 Å². The number of para-hydroxylation sites is 2. The summed E-state index contributed by atoms with van der Waals surface area (Å²) in [6, 6.07) is 14.8. The second kappa shape index (κ2) is 8.45. The number of hydrogen-bond acceptors (Lipinski definition) is 5. The lowest BCUT2D eigenvalue weighted by Gasteiger charge is -2.31. The smallest absolute Gasteiger partial charge is 0.278 e. The highest BCUT2D eigenvalue weighted by atomic mass is 16.5. The van der Waals surface area contributed by atoms with Crippen LogP contribution in [0.3, 0.4) is 0 Å². The Hall–Kier alpha value is -3.19. The van der Waals surface area contributed by atoms with Crippen LogP contribution < -0.4 is 10.2 Å². The van der Waals surface area contributed by atoms with Gasteiger partial charge >= 0.3 is 0 Å². The maximum atomic E-state index is 12.8. The number of carbonyl (C=O) groups is 1. The molecule has 7 heteroatoms. The van der Waals surface area contributed by atoms with Crippen LogP contribution in [0.25, 0.3) is 10.9 Å². The van der Waals surface area contributed by atoms with E-state index in [-0.39, 0.29) is 23.1 Å². The molecule has 2 aromatic carbocycles. The second-order valence-corrected chi connectivity index (χ2v) is 7.06. The van der Waals surface area contributed by atoms with E-state index in [1.807, 2.05) is 30.3 Å². The van der Waals surface area contributed by atoms with Crippen LogP contribution in [0.2, 0.25) is 0 Å². The molecule has 0 unspecified atom stereocenters. The Bertz CT molecular complexity index is 1070. The number of amides is 1. The van der Waals surface area contributed by atoms with E-state index in [9.17, 15) is 9.59 Å². The molecule has 1 aromatic heterocycles. The molecule has 1 fully saturated rings. The van der Waals surface area contributed by atoms with Gasteiger partial charge in [-0.3, -0.25) is 14.7 Å². The predicted octanol–water partition coefficient (Wildman–Crippen LogP) is 2.75. The first-order valence-electron chi connectivity index (χ1n) is 9.67. The van der Waals surface area contributed by atoms with Gasteiger partial charge in [0.15, 0.2) is 5.69 Å². The van der Waals surface area contributed by atoms with Crippen LogP contribution in [0.1, 0.15) is 28.9 Å². The van der Waals surface area contributed by atoms with Gasteiger partial charge < -0.3 is 14.4 Å². The van der Waals surface area contributed by atoms with Gasteiger partial charge in [-0.05, 0) is 31.0 Å². The fraction of sp³-hybridized carbons (Fsp3) is 0.318. The van der Waals surface area contributed by atoms with Gasteiger partial charge in [-0.25, -0.2) is 0 Å². The average molecular weight is 393 g/mol. The molecule has 0 aliphatic carbocycles. The summed E-state index contributed by atoms with van der Waals surface area (Å²) < 4.78 is 11.4. The minimum atomic E-state index is -0.334. The molecule has 1 aliphatic rings. The molecule has 2 heterocycles. The van der Waals surface area contributed by atoms with Gasteiger partial charge in [-0.1, -0.05) is 30.3 Å². The number of piperidine rings is 1. The number of rotatable bonds is 5. The van der Waals surface area contributed by atoms with Gasteiger partial charge in [-0.2, -0.15) is 5.10 Å². The van der Waals surface area contributed by atoms with E-state index in [2.05, 4.69) is 10.2 Å². The molecule has 29 heavy (non-hydrogen) atoms. The molecule has 1 saturated heterocycles. The molecular formula is C22H23N3O4. The molecule has 0 atom stereocenters. The van der Waals surface area contributed by atoms with E-state index in [0.717, 1.165) is 11.3 Å². The topological polar surface area (TPSA) is 84.5 Å². The number of benzene rings is 2. The van der Waals surface area contributed by atoms with E-state index in [1.54, 1.807) is 30.2 Å². The van der Waals surface area contributed by atoms with Crippen LogP contribution in [-0.2, 0) is 11.3 Å². The molecule has 4 rings (SSSR count). The monoisotopic (exact) mass is 393 g/mol. The zero-order chi connectivity index (χ0) is 20.2. The maximum absolute atomic E-state index is 12.8. The standard InChI is InChI=1S/C22H23N3O4/c1-28-19-9-5-2-6-15(19)14-29-16-10-12-25(13-11-16)22(27)20-21(26)17-7-3-4-8-18(17)23-24-20/h2-9,16H,10-14H2,1H3,(H,23,26). The molecule has 1 N–H and O–H groups in total. The lowest BCUT2D eigenvalue weighted by Crippen LogP contribution is -2.42. The van der Waals surface area contributed by atoms with Crippen LogP contribution in [0.5, 0.6) is 5.75 Å². The molecule has 0 spiro atoms. The zero-order valence-electron chi connectivity index (χ0n) is 16.3. The first-order chi connectivity index (χ1) is 14.2. The average Bonchev–Trinajstić information content (AvgIpc) is 2.78. The minimum Gasteiger partial charge on any atom is -0.496 e. The van der Waals surface area contributed by atoms with Crippen molar-refractivity contribution in [3.8, 4) is 5.75 Å². The third-order valence-electron chi connectivity index (χ3n) is 5.27. The number of H-pyrrole nitrogens is 1. The third-order valence-corrected chi connectivity index (χ3v) is 5.27. The Morgan fingerprint density at radius 2 is 1.86 bits per heavy atom. The lowest BCUT2D eigenvalue weighted by molar-refractivity contribution is -0.00113. The largest absolute Gasteiger partial charge is 0.496 e. The number of nitrogens with one attached hydrogen (secondary N) is 1. The fourth-order valence-electron chi connectivity index (χ4n) is 3.62. The van der Waals surface area contributed by atoms with Crippen molar-refractivity contribution in [3.05, 3.63) is 70.0 Å². The minimum absolute atomic E-state index is 0.0582. The van der Waals surface area contributed by atoms with Gasteiger partial charge in [0.1, 0.15) is 5.75 Å². The van der Waals surface area contributed by atoms with Crippen LogP contribution in [-0.4, -0.2) is 47.3 Å². The van der Waals surface area contributed by atoms with E-state index in [4.69, 9.17) is 9.47 Å². The van der Waals surface area contributed by atoms with Crippen molar-refractivity contribution in [1.82, 2.24) is 15.1 Å². The van der Waals surface area contributed by atoms with Crippen LogP contribution in [0, 0.1) is 0 Å². The Balaban J connectivity index is 1.38. The van der Waals surface area contributed by atoms with E-state index in [1.165, 1.54) is 0 Å². The third kappa shape index (κ3) is 4.00. The quantitative estimate of drug-likeness (QED) is 0.721. The molecule has 150 valence electrons. The number of ether oxygens (including phenoxy) is 2. The van der Waals surface area contributed by atoms with E-state index in [0.29, 0.717) is 43.4 Å². The van der Waals surface area contributed by atoms with Crippen molar-refractivity contribution in [2.45, 2.75) is 25.6 Å². The van der Waals surface area contributed by atoms with Gasteiger partial charge in [-0.15, -0.1) is 0 Å². The van der Waals surface area contributed by atoms with Gasteiger partial charge in [0.2, 0.25) is 5.43 Å². The lowest BCUT2D eigenvalue weighted by atomic mass is 10.1. The van der Waals surface area contributed by atoms with E-state index >= 15 is 0 Å². The highest BCUT2D eigenvalue weighted by Crippen LogP contribution is 2.22. The molecule has 3 aromatic rings. The predicted molar refractivity (Wildman–Crippen MR) is 109 cm³/mol. The second-order valence-electron chi connectivity index (χ2n) is 7.06. The SMILES string of the molecule is COc1ccccc1COC1CCN(C(=O)c2n[nH]c3ccccc3c2=O)CC1. The summed E-state index contributed by atoms with van der Waals surface area (Å²) in [6.07, 6.45) is 1.49. The molecule has 0 radical (unpaired) electrons. The summed E-state index contributed by atoms with van der Waals surface area (Å²) in [5.41, 5.74) is 1.23. The van der Waals surface area contributed by atoms with E-state index < -0.39 is 0 Å². The van der Waals surface area contributed by atoms with Crippen molar-refractivity contribution in [1.29, 1.82) is 0 Å². The summed E-state index contributed by atoms with van der Waals surface area (Å²) in [4.78, 5) is 27.1. The van der Waals surface area contributed by atoms with Crippen LogP contribution in [0.4, 0.5) is 0 Å². The van der Waals surface area contributed by atoms with Crippen molar-refractivity contribution in [2.24, 2.45) is 0 Å². The molecule has 0 bridgehead atoms. The maximum Gasteiger partial charge on any atom is 0.278 e. The molecular weight excluding hydrogens is 370 g/mol. The number of aromatic amines is 1. The summed E-state index contributed by atoms with van der Waals surface area (Å²) in [5.74, 6) is 0.474. The zero-order valence-corrected chi connectivity index (χ0v) is 16.3. The summed E-state index contributed by atoms with van der Waals surface area (Å²) in [5, 5.41) is 7.30. The number of carbonyl (C=O) groups excluding carboxylic acids is 1. The van der Waals surface area contributed by atoms with Crippen molar-refractivity contribution in [3.63, 3.8) is 0 Å². The number of aromatic nitrogens is 2. The number of likely N-dealkylation sites (tertiary alicyclic amines) is 1. The number of hydrogen-bond donors (Lipinski definition) is 1. The van der Waals surface area contributed by atoms with Gasteiger partial charge in [0.05, 0.1) is 25.3 Å². The first-order valence-corrected chi connectivity index (χ1v) is 9.67. The first kappa shape index (κ1) is 19.1. The number of methoxy groups -OCH3 is 1. The fourth-order valence-corrected chi connectivity index (χ4v) is 3.62. The molecule has 1 amide bonds. The Kier molecular flexibility index (Phi) is 5.57. The summed E-state index contributed by atoms with van der Waals surface area (Å²) in [6.45, 7) is 1.53. The summed E-state index contributed by atoms with van der Waals surface area (Å²) in [7, 11) is 1.64. The Morgan fingerprint density at radius 3 is 2.66 bits per heavy atom. The van der Waals surface area contributed by atoms with Crippen LogP contribution >= 0.6 is 0 Å². The van der Waals surface area contributed by atoms with Gasteiger partial charge in [0.25, 0.3) is 5.91 Å². The number of nitrogens with zero attached hydrogens (tertiary/aromatic N) is 2. The molecule has 0 saturated carbocycles. The van der Waals surface area contributed by atoms with Gasteiger partial charge in [0, 0.05) is 24.0 Å². The van der Waals surface area contributed by atoms with Crippen molar-refractivity contribution in [2.75, 3.05) is 20.2 Å². The highest BCUT2D eigenvalue weighted by Gasteiger charge is 2.27.